The van der Waals surface area contributed by atoms with Crippen LogP contribution < -0.4 is 0 Å². The zero-order valence-electron chi connectivity index (χ0n) is 41.2. The molecule has 13 nitrogen and oxygen atoms in total. The molecule has 0 aromatic rings. The van der Waals surface area contributed by atoms with Crippen LogP contribution in [-0.4, -0.2) is 121 Å². The maximum Gasteiger partial charge on any atom is 0.329 e. The molecule has 0 radical (unpaired) electrons. The van der Waals surface area contributed by atoms with Crippen molar-refractivity contribution in [1.82, 2.24) is 4.90 Å². The summed E-state index contributed by atoms with van der Waals surface area (Å²) in [7, 11) is 4.71. The molecule has 1 amide bonds. The second kappa shape index (κ2) is 24.6. The quantitative estimate of drug-likeness (QED) is 0.152. The Hall–Kier alpha value is -3.33. The molecule has 1 saturated carbocycles. The number of aliphatic hydroxyl groups excluding tert-OH is 1. The van der Waals surface area contributed by atoms with E-state index in [1.165, 1.54) is 12.0 Å². The molecule has 2 bridgehead atoms. The average Bonchev–Trinajstić information content (AvgIpc) is 3.28. The van der Waals surface area contributed by atoms with Gasteiger partial charge in [-0.3, -0.25) is 19.2 Å². The Morgan fingerprint density at radius 2 is 1.62 bits per heavy atom. The van der Waals surface area contributed by atoms with Crippen molar-refractivity contribution in [3.05, 3.63) is 47.6 Å². The molecule has 4 rings (SSSR count). The molecule has 65 heavy (non-hydrogen) atoms. The smallest absolute Gasteiger partial charge is 0.329 e. The van der Waals surface area contributed by atoms with Crippen LogP contribution in [0.4, 0.5) is 0 Å². The third kappa shape index (κ3) is 14.3. The average molecular weight is 912 g/mol. The molecule has 1 unspecified atom stereocenters. The number of cyclic esters (lactones) is 1. The van der Waals surface area contributed by atoms with E-state index in [1.807, 2.05) is 65.0 Å². The van der Waals surface area contributed by atoms with Crippen molar-refractivity contribution in [2.45, 2.75) is 187 Å². The Balaban J connectivity index is 1.69. The maximum atomic E-state index is 14.4. The van der Waals surface area contributed by atoms with Gasteiger partial charge in [-0.15, -0.1) is 0 Å². The van der Waals surface area contributed by atoms with Crippen molar-refractivity contribution in [2.75, 3.05) is 27.9 Å². The highest BCUT2D eigenvalue weighted by Gasteiger charge is 2.53. The van der Waals surface area contributed by atoms with Gasteiger partial charge in [0.25, 0.3) is 11.7 Å². The molecule has 3 aliphatic heterocycles. The molecule has 2 N–H and O–H groups in total. The number of allylic oxidation sites excluding steroid dienone is 6. The summed E-state index contributed by atoms with van der Waals surface area (Å²) in [6.07, 6.45) is 13.8. The van der Waals surface area contributed by atoms with Crippen LogP contribution in [0.2, 0.25) is 0 Å². The van der Waals surface area contributed by atoms with E-state index in [1.54, 1.807) is 21.1 Å². The lowest BCUT2D eigenvalue weighted by molar-refractivity contribution is -0.265. The SMILES string of the molecule is CO[C@H]1C[C@@H]2CC[C@@H](C)[C@@](O)(O2)C(=O)C(=O)N2CCCCC2C(=O)O[C@H]([C@H](C)C[C@]2(C)CC[C@@H](O)[C@H](OC)C2)CC(=O)C/C=C(\C)[C@@H](C)[C@@H](OC)C(=O)[C@H](C)C[C@H](C)/C=C/C=CC=C1C. The fraction of sp³-hybridized carbons (Fsp3) is 0.750. The first kappa shape index (κ1) is 54.3. The first-order chi connectivity index (χ1) is 30.7. The Labute approximate surface area is 388 Å². The van der Waals surface area contributed by atoms with Crippen LogP contribution in [0.1, 0.15) is 139 Å². The van der Waals surface area contributed by atoms with E-state index in [0.29, 0.717) is 57.8 Å². The van der Waals surface area contributed by atoms with Gasteiger partial charge in [-0.2, -0.15) is 0 Å². The standard InChI is InChI=1S/C52H81NO12/c1-32-17-13-12-14-18-34(3)43(61-9)29-40-23-21-37(6)52(60,65-40)48(57)49(58)53-26-16-15-19-41(53)50(59)64-44(36(5)30-51(8)25-24-42(55)45(31-51)62-10)28-39(54)22-20-33(2)38(7)47(63-11)46(56)35(4)27-32/h12-14,17-18,20,32,35-38,40-45,47,55,60H,15-16,19,21-31H2,1-11H3/b14-12?,17-13+,33-20+,34-18?/t32-,35-,36-,37-,38-,40+,41?,42-,43+,44+,45-,47-,51+,52-/m1/s1. The van der Waals surface area contributed by atoms with E-state index < -0.39 is 65.9 Å². The number of nitrogens with zero attached hydrogens (tertiary/aromatic N) is 1. The number of methoxy groups -OCH3 is 3. The van der Waals surface area contributed by atoms with Gasteiger partial charge in [-0.25, -0.2) is 4.79 Å². The van der Waals surface area contributed by atoms with Crippen molar-refractivity contribution in [2.24, 2.45) is 35.0 Å². The van der Waals surface area contributed by atoms with Crippen molar-refractivity contribution >= 4 is 29.2 Å². The van der Waals surface area contributed by atoms with E-state index in [9.17, 15) is 34.2 Å². The van der Waals surface area contributed by atoms with Gasteiger partial charge in [0.15, 0.2) is 5.78 Å². The number of hydrogen-bond donors (Lipinski definition) is 2. The van der Waals surface area contributed by atoms with Crippen molar-refractivity contribution < 1.29 is 57.9 Å². The molecule has 1 aliphatic carbocycles. The minimum absolute atomic E-state index is 0.00462. The summed E-state index contributed by atoms with van der Waals surface area (Å²) in [4.78, 5) is 71.8. The monoisotopic (exact) mass is 912 g/mol. The van der Waals surface area contributed by atoms with Crippen LogP contribution in [0.5, 0.6) is 0 Å². The molecule has 0 aromatic heterocycles. The molecule has 14 atom stereocenters. The van der Waals surface area contributed by atoms with Crippen LogP contribution >= 0.6 is 0 Å². The first-order valence-corrected chi connectivity index (χ1v) is 24.1. The minimum atomic E-state index is -2.41. The number of esters is 1. The fourth-order valence-electron chi connectivity index (χ4n) is 10.5. The van der Waals surface area contributed by atoms with Crippen LogP contribution in [0, 0.1) is 35.0 Å². The number of rotatable bonds is 6. The normalized spacial score (nSPS) is 39.1. The summed E-state index contributed by atoms with van der Waals surface area (Å²) < 4.78 is 29.7. The third-order valence-electron chi connectivity index (χ3n) is 15.0. The summed E-state index contributed by atoms with van der Waals surface area (Å²) in [6.45, 7) is 15.6. The largest absolute Gasteiger partial charge is 0.460 e. The van der Waals surface area contributed by atoms with Crippen molar-refractivity contribution in [3.8, 4) is 0 Å². The number of amides is 1. The number of carbonyl (C=O) groups is 5. The van der Waals surface area contributed by atoms with Gasteiger partial charge in [0.05, 0.1) is 24.4 Å². The molecule has 13 heteroatoms. The van der Waals surface area contributed by atoms with Gasteiger partial charge in [0.2, 0.25) is 5.79 Å². The lowest BCUT2D eigenvalue weighted by Crippen LogP contribution is -2.61. The van der Waals surface area contributed by atoms with Gasteiger partial charge in [-0.1, -0.05) is 83.6 Å². The number of aliphatic hydroxyl groups is 2. The number of piperidine rings is 1. The Morgan fingerprint density at radius 3 is 2.29 bits per heavy atom. The topological polar surface area (TPSA) is 175 Å². The lowest BCUT2D eigenvalue weighted by atomic mass is 9.68. The molecule has 0 aromatic carbocycles. The number of ketones is 3. The summed E-state index contributed by atoms with van der Waals surface area (Å²) in [5.41, 5.74) is 1.46. The summed E-state index contributed by atoms with van der Waals surface area (Å²) in [5, 5.41) is 22.5. The molecule has 3 fully saturated rings. The second-order valence-electron chi connectivity index (χ2n) is 20.3. The molecule has 3 heterocycles. The predicted molar refractivity (Wildman–Crippen MR) is 248 cm³/mol. The Bertz CT molecular complexity index is 1770. The van der Waals surface area contributed by atoms with E-state index in [2.05, 4.69) is 19.9 Å². The minimum Gasteiger partial charge on any atom is -0.460 e. The zero-order chi connectivity index (χ0) is 48.2. The van der Waals surface area contributed by atoms with Gasteiger partial charge in [-0.05, 0) is 101 Å². The van der Waals surface area contributed by atoms with E-state index in [4.69, 9.17) is 23.7 Å². The Kier molecular flexibility index (Phi) is 20.6. The number of Topliss-reactive ketones (excluding diaryl/α,β-unsaturated/α-hetero) is 3. The second-order valence-corrected chi connectivity index (χ2v) is 20.3. The van der Waals surface area contributed by atoms with Crippen molar-refractivity contribution in [1.29, 1.82) is 0 Å². The van der Waals surface area contributed by atoms with Crippen molar-refractivity contribution in [3.63, 3.8) is 0 Å². The number of hydrogen-bond acceptors (Lipinski definition) is 12. The van der Waals surface area contributed by atoms with E-state index in [-0.39, 0.29) is 72.6 Å². The molecule has 0 spiro atoms. The molecular weight excluding hydrogens is 831 g/mol. The highest BCUT2D eigenvalue weighted by molar-refractivity contribution is 6.39. The van der Waals surface area contributed by atoms with E-state index in [0.717, 1.165) is 17.6 Å². The van der Waals surface area contributed by atoms with Gasteiger partial charge in [0.1, 0.15) is 24.0 Å². The van der Waals surface area contributed by atoms with Gasteiger partial charge in [0, 0.05) is 64.9 Å². The van der Waals surface area contributed by atoms with Crippen LogP contribution in [0.15, 0.2) is 47.6 Å². The molecule has 4 aliphatic rings. The Morgan fingerprint density at radius 1 is 0.892 bits per heavy atom. The van der Waals surface area contributed by atoms with Crippen LogP contribution in [0.3, 0.4) is 0 Å². The highest BCUT2D eigenvalue weighted by Crippen LogP contribution is 2.44. The predicted octanol–water partition coefficient (Wildman–Crippen LogP) is 7.60. The van der Waals surface area contributed by atoms with Gasteiger partial charge >= 0.3 is 5.97 Å². The molecule has 366 valence electrons. The maximum absolute atomic E-state index is 14.4. The van der Waals surface area contributed by atoms with Crippen LogP contribution in [0.25, 0.3) is 0 Å². The van der Waals surface area contributed by atoms with Gasteiger partial charge < -0.3 is 38.8 Å². The zero-order valence-corrected chi connectivity index (χ0v) is 41.2. The third-order valence-corrected chi connectivity index (χ3v) is 15.0. The number of ether oxygens (including phenoxy) is 5. The fourth-order valence-corrected chi connectivity index (χ4v) is 10.5. The lowest BCUT2D eigenvalue weighted by Gasteiger charge is -2.43. The first-order valence-electron chi connectivity index (χ1n) is 24.1. The number of carbonyl (C=O) groups excluding carboxylic acids is 5. The van der Waals surface area contributed by atoms with E-state index >= 15 is 0 Å². The van der Waals surface area contributed by atoms with Crippen LogP contribution in [-0.2, 0) is 47.7 Å². The molecular formula is C52H81NO12. The highest BCUT2D eigenvalue weighted by atomic mass is 16.6. The summed E-state index contributed by atoms with van der Waals surface area (Å²) >= 11 is 0. The molecule has 2 saturated heterocycles. The summed E-state index contributed by atoms with van der Waals surface area (Å²) in [5.74, 6) is -6.89. The summed E-state index contributed by atoms with van der Waals surface area (Å²) in [6, 6.07) is -1.11. The number of fused-ring (bicyclic) bond motifs is 3.